The summed E-state index contributed by atoms with van der Waals surface area (Å²) in [7, 11) is 1.82. The topological polar surface area (TPSA) is 59.9 Å². The number of likely N-dealkylation sites (tertiary alicyclic amines) is 1. The lowest BCUT2D eigenvalue weighted by Crippen LogP contribution is -2.49. The Bertz CT molecular complexity index is 406. The molecule has 0 aromatic heterocycles. The van der Waals surface area contributed by atoms with Crippen LogP contribution in [0.15, 0.2) is 4.99 Å². The number of nitrogens with zero attached hydrogens (tertiary/aromatic N) is 2. The lowest BCUT2D eigenvalue weighted by molar-refractivity contribution is 0.0521. The molecule has 0 bridgehead atoms. The van der Waals surface area contributed by atoms with Crippen LogP contribution in [0.25, 0.3) is 0 Å². The second kappa shape index (κ2) is 9.57. The highest BCUT2D eigenvalue weighted by atomic mass is 127. The summed E-state index contributed by atoms with van der Waals surface area (Å²) in [5.74, 6) is 1.78. The number of rotatable bonds is 5. The van der Waals surface area contributed by atoms with Crippen LogP contribution < -0.4 is 10.6 Å². The molecule has 6 heteroatoms. The van der Waals surface area contributed by atoms with Gasteiger partial charge in [0.1, 0.15) is 0 Å². The van der Waals surface area contributed by atoms with Crippen molar-refractivity contribution in [1.82, 2.24) is 15.5 Å². The molecule has 3 rings (SSSR count). The lowest BCUT2D eigenvalue weighted by atomic mass is 10.0. The monoisotopic (exact) mass is 450 g/mol. The first-order chi connectivity index (χ1) is 11.2. The Balaban J connectivity index is 0.00000208. The first-order valence-corrected chi connectivity index (χ1v) is 9.59. The summed E-state index contributed by atoms with van der Waals surface area (Å²) < 4.78 is 0. The molecule has 0 radical (unpaired) electrons. The molecule has 2 aliphatic carbocycles. The third-order valence-corrected chi connectivity index (χ3v) is 5.95. The van der Waals surface area contributed by atoms with Crippen molar-refractivity contribution in [3.63, 3.8) is 0 Å². The van der Waals surface area contributed by atoms with E-state index in [1.54, 1.807) is 0 Å². The van der Waals surface area contributed by atoms with Gasteiger partial charge in [-0.25, -0.2) is 0 Å². The second-order valence-corrected chi connectivity index (χ2v) is 7.90. The van der Waals surface area contributed by atoms with E-state index in [-0.39, 0.29) is 24.0 Å². The van der Waals surface area contributed by atoms with E-state index in [9.17, 15) is 5.11 Å². The molecule has 1 unspecified atom stereocenters. The summed E-state index contributed by atoms with van der Waals surface area (Å²) in [5, 5.41) is 17.3. The summed E-state index contributed by atoms with van der Waals surface area (Å²) in [6, 6.07) is 0.487. The molecule has 0 amide bonds. The molecule has 1 heterocycles. The van der Waals surface area contributed by atoms with Gasteiger partial charge >= 0.3 is 0 Å². The zero-order valence-electron chi connectivity index (χ0n) is 15.1. The Hall–Kier alpha value is -0.0800. The number of hydrogen-bond donors (Lipinski definition) is 3. The molecule has 3 N–H and O–H groups in total. The number of aliphatic hydroxyl groups is 1. The van der Waals surface area contributed by atoms with Gasteiger partial charge in [-0.15, -0.1) is 24.0 Å². The van der Waals surface area contributed by atoms with Crippen LogP contribution in [-0.4, -0.2) is 60.8 Å². The molecule has 1 saturated heterocycles. The highest BCUT2D eigenvalue weighted by Crippen LogP contribution is 2.28. The quantitative estimate of drug-likeness (QED) is 0.342. The molecule has 3 fully saturated rings. The minimum Gasteiger partial charge on any atom is -0.388 e. The Morgan fingerprint density at radius 1 is 1.17 bits per heavy atom. The number of halogens is 1. The number of guanidine groups is 1. The van der Waals surface area contributed by atoms with Crippen molar-refractivity contribution < 1.29 is 5.11 Å². The van der Waals surface area contributed by atoms with Crippen LogP contribution >= 0.6 is 24.0 Å². The van der Waals surface area contributed by atoms with Crippen LogP contribution in [0.3, 0.4) is 0 Å². The van der Waals surface area contributed by atoms with Gasteiger partial charge in [0.25, 0.3) is 0 Å². The smallest absolute Gasteiger partial charge is 0.191 e. The minimum atomic E-state index is -0.526. The van der Waals surface area contributed by atoms with Crippen LogP contribution in [0.5, 0.6) is 0 Å². The van der Waals surface area contributed by atoms with Gasteiger partial charge in [-0.2, -0.15) is 0 Å². The van der Waals surface area contributed by atoms with Gasteiger partial charge in [-0.3, -0.25) is 4.99 Å². The maximum Gasteiger partial charge on any atom is 0.191 e. The van der Waals surface area contributed by atoms with Crippen molar-refractivity contribution in [2.45, 2.75) is 69.4 Å². The zero-order valence-corrected chi connectivity index (χ0v) is 17.4. The van der Waals surface area contributed by atoms with Crippen molar-refractivity contribution >= 4 is 29.9 Å². The molecule has 0 aromatic rings. The Morgan fingerprint density at radius 2 is 1.88 bits per heavy atom. The minimum absolute atomic E-state index is 0. The van der Waals surface area contributed by atoms with Gasteiger partial charge in [0, 0.05) is 39.3 Å². The average molecular weight is 450 g/mol. The van der Waals surface area contributed by atoms with E-state index in [1.807, 2.05) is 7.05 Å². The van der Waals surface area contributed by atoms with Crippen LogP contribution in [0.1, 0.15) is 57.8 Å². The molecule has 5 nitrogen and oxygen atoms in total. The van der Waals surface area contributed by atoms with Gasteiger partial charge in [0.05, 0.1) is 5.60 Å². The highest BCUT2D eigenvalue weighted by Gasteiger charge is 2.31. The normalized spacial score (nSPS) is 28.1. The van der Waals surface area contributed by atoms with Gasteiger partial charge in [-0.1, -0.05) is 25.7 Å². The third kappa shape index (κ3) is 5.73. The fourth-order valence-electron chi connectivity index (χ4n) is 4.52. The van der Waals surface area contributed by atoms with Gasteiger partial charge in [-0.05, 0) is 38.0 Å². The van der Waals surface area contributed by atoms with Gasteiger partial charge in [0.2, 0.25) is 0 Å². The standard InChI is InChI=1S/C18H34N4O.HI/c1-19-17(20-14-18(23)9-4-5-10-18)21-16-8-11-22(13-16)12-15-6-2-3-7-15;/h15-16,23H,2-14H2,1H3,(H2,19,20,21);1H. The largest absolute Gasteiger partial charge is 0.388 e. The molecular weight excluding hydrogens is 415 g/mol. The third-order valence-electron chi connectivity index (χ3n) is 5.95. The molecule has 0 spiro atoms. The predicted octanol–water partition coefficient (Wildman–Crippen LogP) is 2.34. The van der Waals surface area contributed by atoms with Crippen molar-refractivity contribution in [1.29, 1.82) is 0 Å². The number of nitrogens with one attached hydrogen (secondary N) is 2. The molecule has 0 aromatic carbocycles. The Labute approximate surface area is 164 Å². The van der Waals surface area contributed by atoms with Crippen molar-refractivity contribution in [3.05, 3.63) is 0 Å². The van der Waals surface area contributed by atoms with E-state index in [4.69, 9.17) is 0 Å². The molecular formula is C18H35IN4O. The van der Waals surface area contributed by atoms with Gasteiger partial charge < -0.3 is 20.6 Å². The highest BCUT2D eigenvalue weighted by molar-refractivity contribution is 14.0. The summed E-state index contributed by atoms with van der Waals surface area (Å²) in [6.07, 6.45) is 11.0. The number of aliphatic imine (C=N–C) groups is 1. The molecule has 3 aliphatic rings. The Morgan fingerprint density at radius 3 is 2.54 bits per heavy atom. The first-order valence-electron chi connectivity index (χ1n) is 9.59. The fraction of sp³-hybridized carbons (Fsp3) is 0.944. The van der Waals surface area contributed by atoms with Crippen molar-refractivity contribution in [2.24, 2.45) is 10.9 Å². The SMILES string of the molecule is CN=C(NCC1(O)CCCC1)NC1CCN(CC2CCCC2)C1.I. The van der Waals surface area contributed by atoms with E-state index in [0.29, 0.717) is 12.6 Å². The molecule has 24 heavy (non-hydrogen) atoms. The van der Waals surface area contributed by atoms with E-state index < -0.39 is 5.60 Å². The maximum atomic E-state index is 10.4. The van der Waals surface area contributed by atoms with E-state index >= 15 is 0 Å². The Kier molecular flexibility index (Phi) is 8.07. The molecule has 1 aliphatic heterocycles. The predicted molar refractivity (Wildman–Crippen MR) is 110 cm³/mol. The molecule has 2 saturated carbocycles. The van der Waals surface area contributed by atoms with Gasteiger partial charge in [0.15, 0.2) is 5.96 Å². The van der Waals surface area contributed by atoms with Crippen LogP contribution in [-0.2, 0) is 0 Å². The molecule has 1 atom stereocenters. The summed E-state index contributed by atoms with van der Waals surface area (Å²) in [4.78, 5) is 6.95. The fourth-order valence-corrected chi connectivity index (χ4v) is 4.52. The lowest BCUT2D eigenvalue weighted by Gasteiger charge is -2.25. The maximum absolute atomic E-state index is 10.4. The summed E-state index contributed by atoms with van der Waals surface area (Å²) >= 11 is 0. The summed E-state index contributed by atoms with van der Waals surface area (Å²) in [5.41, 5.74) is -0.526. The van der Waals surface area contributed by atoms with Crippen LogP contribution in [0.4, 0.5) is 0 Å². The van der Waals surface area contributed by atoms with Crippen LogP contribution in [0.2, 0.25) is 0 Å². The van der Waals surface area contributed by atoms with Crippen molar-refractivity contribution in [2.75, 3.05) is 33.2 Å². The summed E-state index contributed by atoms with van der Waals surface area (Å²) in [6.45, 7) is 4.23. The first kappa shape index (κ1) is 20.2. The second-order valence-electron chi connectivity index (χ2n) is 7.90. The van der Waals surface area contributed by atoms with Crippen LogP contribution in [0, 0.1) is 5.92 Å². The van der Waals surface area contributed by atoms with E-state index in [1.165, 1.54) is 45.2 Å². The van der Waals surface area contributed by atoms with E-state index in [0.717, 1.165) is 44.1 Å². The van der Waals surface area contributed by atoms with E-state index in [2.05, 4.69) is 20.5 Å². The van der Waals surface area contributed by atoms with Crippen molar-refractivity contribution in [3.8, 4) is 0 Å². The molecule has 140 valence electrons. The average Bonchev–Trinajstić information content (AvgIpc) is 3.28. The zero-order chi connectivity index (χ0) is 16.1. The number of hydrogen-bond acceptors (Lipinski definition) is 3.